The summed E-state index contributed by atoms with van der Waals surface area (Å²) in [7, 11) is 0. The highest BCUT2D eigenvalue weighted by molar-refractivity contribution is 9.08. The van der Waals surface area contributed by atoms with E-state index < -0.39 is 0 Å². The van der Waals surface area contributed by atoms with Gasteiger partial charge in [-0.3, -0.25) is 10.7 Å². The zero-order valence-corrected chi connectivity index (χ0v) is 7.98. The molecule has 0 aromatic heterocycles. The highest BCUT2D eigenvalue weighted by Crippen LogP contribution is 2.25. The molecule has 0 heterocycles. The zero-order valence-electron chi connectivity index (χ0n) is 5.64. The van der Waals surface area contributed by atoms with E-state index in [4.69, 9.17) is 16.8 Å². The molecule has 1 rings (SSSR count). The number of hydrogen-bond donors (Lipinski definition) is 2. The molecule has 60 valence electrons. The van der Waals surface area contributed by atoms with Crippen LogP contribution in [-0.4, -0.2) is 5.21 Å². The van der Waals surface area contributed by atoms with Gasteiger partial charge < -0.3 is 0 Å². The molecule has 0 saturated carbocycles. The van der Waals surface area contributed by atoms with Crippen molar-refractivity contribution in [2.45, 2.75) is 5.33 Å². The van der Waals surface area contributed by atoms with E-state index in [9.17, 15) is 0 Å². The quantitative estimate of drug-likeness (QED) is 0.611. The Bertz CT molecular complexity index is 254. The average molecular weight is 236 g/mol. The smallest absolute Gasteiger partial charge is 0.0657 e. The molecule has 0 aliphatic carbocycles. The van der Waals surface area contributed by atoms with Gasteiger partial charge in [0.2, 0.25) is 0 Å². The molecule has 2 nitrogen and oxygen atoms in total. The fourth-order valence-electron chi connectivity index (χ4n) is 0.799. The van der Waals surface area contributed by atoms with Crippen LogP contribution in [0.4, 0.5) is 5.69 Å². The Morgan fingerprint density at radius 2 is 2.27 bits per heavy atom. The number of anilines is 1. The summed E-state index contributed by atoms with van der Waals surface area (Å²) in [5.74, 6) is 0. The van der Waals surface area contributed by atoms with Gasteiger partial charge in [-0.1, -0.05) is 33.6 Å². The Hall–Kier alpha value is -0.250. The number of rotatable bonds is 2. The van der Waals surface area contributed by atoms with Gasteiger partial charge in [-0.25, -0.2) is 0 Å². The number of halogens is 2. The molecule has 0 atom stereocenters. The third-order valence-corrected chi connectivity index (χ3v) is 2.29. The van der Waals surface area contributed by atoms with Crippen LogP contribution in [-0.2, 0) is 5.33 Å². The molecule has 0 saturated heterocycles. The fourth-order valence-corrected chi connectivity index (χ4v) is 1.81. The fraction of sp³-hybridized carbons (Fsp3) is 0.143. The molecule has 0 spiro atoms. The predicted molar refractivity (Wildman–Crippen MR) is 49.5 cm³/mol. The highest BCUT2D eigenvalue weighted by atomic mass is 79.9. The van der Waals surface area contributed by atoms with Crippen LogP contribution in [0.3, 0.4) is 0 Å². The monoisotopic (exact) mass is 235 g/mol. The molecule has 0 fully saturated rings. The van der Waals surface area contributed by atoms with Crippen molar-refractivity contribution < 1.29 is 5.21 Å². The minimum absolute atomic E-state index is 0.621. The average Bonchev–Trinajstić information content (AvgIpc) is 2.04. The molecular formula is C7H7BrClNO. The Morgan fingerprint density at radius 1 is 1.55 bits per heavy atom. The number of alkyl halides is 1. The number of benzene rings is 1. The van der Waals surface area contributed by atoms with Gasteiger partial charge in [0.1, 0.15) is 0 Å². The third-order valence-electron chi connectivity index (χ3n) is 1.37. The molecule has 4 heteroatoms. The molecule has 0 amide bonds. The van der Waals surface area contributed by atoms with Crippen LogP contribution < -0.4 is 5.48 Å². The largest absolute Gasteiger partial charge is 0.291 e. The SMILES string of the molecule is ONc1cccc(Cl)c1CBr. The van der Waals surface area contributed by atoms with Crippen molar-refractivity contribution in [1.29, 1.82) is 0 Å². The summed E-state index contributed by atoms with van der Waals surface area (Å²) >= 11 is 9.09. The van der Waals surface area contributed by atoms with E-state index in [1.165, 1.54) is 0 Å². The summed E-state index contributed by atoms with van der Waals surface area (Å²) in [6.45, 7) is 0. The minimum Gasteiger partial charge on any atom is -0.291 e. The number of hydrogen-bond acceptors (Lipinski definition) is 2. The second-order valence-corrected chi connectivity index (χ2v) is 2.98. The first-order valence-electron chi connectivity index (χ1n) is 3.03. The summed E-state index contributed by atoms with van der Waals surface area (Å²) < 4.78 is 0. The van der Waals surface area contributed by atoms with Crippen molar-refractivity contribution in [3.8, 4) is 0 Å². The summed E-state index contributed by atoms with van der Waals surface area (Å²) in [5, 5.41) is 9.90. The molecule has 0 aliphatic heterocycles. The molecule has 11 heavy (non-hydrogen) atoms. The van der Waals surface area contributed by atoms with Crippen LogP contribution in [0.25, 0.3) is 0 Å². The van der Waals surface area contributed by atoms with Gasteiger partial charge >= 0.3 is 0 Å². The van der Waals surface area contributed by atoms with E-state index >= 15 is 0 Å². The summed E-state index contributed by atoms with van der Waals surface area (Å²) in [5.41, 5.74) is 3.56. The molecule has 2 N–H and O–H groups in total. The first-order valence-corrected chi connectivity index (χ1v) is 4.53. The second kappa shape index (κ2) is 3.95. The van der Waals surface area contributed by atoms with Crippen LogP contribution in [0.1, 0.15) is 5.56 Å². The van der Waals surface area contributed by atoms with E-state index in [-0.39, 0.29) is 0 Å². The van der Waals surface area contributed by atoms with E-state index in [0.29, 0.717) is 16.0 Å². The Balaban J connectivity index is 3.13. The normalized spacial score (nSPS) is 9.73. The van der Waals surface area contributed by atoms with Crippen LogP contribution in [0.5, 0.6) is 0 Å². The summed E-state index contributed by atoms with van der Waals surface area (Å²) in [4.78, 5) is 0. The minimum atomic E-state index is 0.621. The Kier molecular flexibility index (Phi) is 3.17. The van der Waals surface area contributed by atoms with Crippen molar-refractivity contribution in [1.82, 2.24) is 0 Å². The number of nitrogens with one attached hydrogen (secondary N) is 1. The summed E-state index contributed by atoms with van der Waals surface area (Å²) in [6.07, 6.45) is 0. The maximum atomic E-state index is 8.64. The lowest BCUT2D eigenvalue weighted by Gasteiger charge is -2.05. The molecule has 0 bridgehead atoms. The topological polar surface area (TPSA) is 32.3 Å². The van der Waals surface area contributed by atoms with Gasteiger partial charge in [-0.15, -0.1) is 0 Å². The van der Waals surface area contributed by atoms with Gasteiger partial charge in [-0.2, -0.15) is 0 Å². The van der Waals surface area contributed by atoms with Crippen molar-refractivity contribution >= 4 is 33.2 Å². The van der Waals surface area contributed by atoms with E-state index in [1.807, 2.05) is 0 Å². The van der Waals surface area contributed by atoms with Crippen molar-refractivity contribution in [2.24, 2.45) is 0 Å². The second-order valence-electron chi connectivity index (χ2n) is 2.01. The maximum absolute atomic E-state index is 8.64. The van der Waals surface area contributed by atoms with Crippen molar-refractivity contribution in [2.75, 3.05) is 5.48 Å². The van der Waals surface area contributed by atoms with Gasteiger partial charge in [0.25, 0.3) is 0 Å². The lowest BCUT2D eigenvalue weighted by molar-refractivity contribution is 0.388. The van der Waals surface area contributed by atoms with E-state index in [2.05, 4.69) is 21.4 Å². The van der Waals surface area contributed by atoms with E-state index in [0.717, 1.165) is 5.56 Å². The van der Waals surface area contributed by atoms with Gasteiger partial charge in [-0.05, 0) is 12.1 Å². The van der Waals surface area contributed by atoms with Crippen molar-refractivity contribution in [3.05, 3.63) is 28.8 Å². The summed E-state index contributed by atoms with van der Waals surface area (Å²) in [6, 6.07) is 5.30. The zero-order chi connectivity index (χ0) is 8.27. The van der Waals surface area contributed by atoms with Crippen LogP contribution >= 0.6 is 27.5 Å². The third kappa shape index (κ3) is 1.86. The molecule has 1 aromatic carbocycles. The molecule has 0 unspecified atom stereocenters. The van der Waals surface area contributed by atoms with Crippen LogP contribution in [0, 0.1) is 0 Å². The maximum Gasteiger partial charge on any atom is 0.0657 e. The standard InChI is InChI=1S/C7H7BrClNO/c8-4-5-6(9)2-1-3-7(5)10-11/h1-3,10-11H,4H2. The highest BCUT2D eigenvalue weighted by Gasteiger charge is 2.03. The first-order chi connectivity index (χ1) is 5.29. The van der Waals surface area contributed by atoms with Crippen LogP contribution in [0.15, 0.2) is 18.2 Å². The van der Waals surface area contributed by atoms with Crippen molar-refractivity contribution in [3.63, 3.8) is 0 Å². The first kappa shape index (κ1) is 8.84. The Labute approximate surface area is 78.3 Å². The van der Waals surface area contributed by atoms with Gasteiger partial charge in [0.15, 0.2) is 0 Å². The lowest BCUT2D eigenvalue weighted by atomic mass is 10.2. The molecule has 1 aromatic rings. The van der Waals surface area contributed by atoms with E-state index in [1.54, 1.807) is 18.2 Å². The molecule has 0 aliphatic rings. The molecular weight excluding hydrogens is 229 g/mol. The van der Waals surface area contributed by atoms with Crippen LogP contribution in [0.2, 0.25) is 5.02 Å². The van der Waals surface area contributed by atoms with Gasteiger partial charge in [0, 0.05) is 15.9 Å². The lowest BCUT2D eigenvalue weighted by Crippen LogP contribution is -1.94. The van der Waals surface area contributed by atoms with Gasteiger partial charge in [0.05, 0.1) is 5.69 Å². The predicted octanol–water partition coefficient (Wildman–Crippen LogP) is 3.04. The Morgan fingerprint density at radius 3 is 2.73 bits per heavy atom. The molecule has 0 radical (unpaired) electrons.